The van der Waals surface area contributed by atoms with E-state index in [1.54, 1.807) is 0 Å². The van der Waals surface area contributed by atoms with Crippen molar-refractivity contribution in [2.75, 3.05) is 0 Å². The first-order chi connectivity index (χ1) is 9.81. The van der Waals surface area contributed by atoms with Crippen molar-refractivity contribution >= 4 is 15.7 Å². The number of nitrogens with one attached hydrogen (secondary N) is 1. The molecule has 1 aliphatic carbocycles. The minimum Gasteiger partial charge on any atom is -0.391 e. The van der Waals surface area contributed by atoms with E-state index in [0.717, 1.165) is 25.0 Å². The van der Waals surface area contributed by atoms with E-state index in [2.05, 4.69) is 4.72 Å². The van der Waals surface area contributed by atoms with E-state index in [-0.39, 0.29) is 0 Å². The van der Waals surface area contributed by atoms with Gasteiger partial charge in [-0.05, 0) is 18.9 Å². The normalized spacial score (nSPS) is 23.0. The van der Waals surface area contributed by atoms with Crippen molar-refractivity contribution < 1.29 is 22.8 Å². The molecule has 21 heavy (non-hydrogen) atoms. The van der Waals surface area contributed by atoms with Gasteiger partial charge in [0.2, 0.25) is 10.0 Å². The highest BCUT2D eigenvalue weighted by Gasteiger charge is 2.30. The van der Waals surface area contributed by atoms with Gasteiger partial charge in [-0.1, -0.05) is 12.8 Å². The van der Waals surface area contributed by atoms with Crippen LogP contribution in [-0.4, -0.2) is 30.6 Å². The Morgan fingerprint density at radius 2 is 2.00 bits per heavy atom. The van der Waals surface area contributed by atoms with Crippen LogP contribution < -0.4 is 4.72 Å². The first-order valence-electron chi connectivity index (χ1n) is 6.45. The van der Waals surface area contributed by atoms with Crippen molar-refractivity contribution in [1.82, 2.24) is 4.72 Å². The quantitative estimate of drug-likeness (QED) is 0.642. The molecule has 0 amide bonds. The summed E-state index contributed by atoms with van der Waals surface area (Å²) in [5, 5.41) is 20.4. The second-order valence-electron chi connectivity index (χ2n) is 4.95. The molecule has 1 aromatic carbocycles. The van der Waals surface area contributed by atoms with E-state index in [4.69, 9.17) is 0 Å². The fourth-order valence-corrected chi connectivity index (χ4v) is 3.72. The summed E-state index contributed by atoms with van der Waals surface area (Å²) in [7, 11) is -4.27. The predicted molar refractivity (Wildman–Crippen MR) is 71.6 cm³/mol. The number of halogens is 1. The molecule has 2 atom stereocenters. The van der Waals surface area contributed by atoms with Gasteiger partial charge >= 0.3 is 0 Å². The molecule has 1 aliphatic rings. The fraction of sp³-hybridized carbons (Fsp3) is 0.500. The summed E-state index contributed by atoms with van der Waals surface area (Å²) in [5.74, 6) is -1.07. The molecule has 0 unspecified atom stereocenters. The molecule has 0 heterocycles. The van der Waals surface area contributed by atoms with E-state index in [0.29, 0.717) is 18.9 Å². The highest BCUT2D eigenvalue weighted by Crippen LogP contribution is 2.24. The highest BCUT2D eigenvalue weighted by atomic mass is 32.2. The molecule has 2 rings (SSSR count). The van der Waals surface area contributed by atoms with E-state index < -0.39 is 43.5 Å². The molecule has 0 aromatic heterocycles. The van der Waals surface area contributed by atoms with Crippen LogP contribution in [0, 0.1) is 15.9 Å². The van der Waals surface area contributed by atoms with Crippen LogP contribution >= 0.6 is 0 Å². The smallest absolute Gasteiger partial charge is 0.270 e. The Labute approximate surface area is 121 Å². The lowest BCUT2D eigenvalue weighted by atomic mass is 9.93. The third-order valence-corrected chi connectivity index (χ3v) is 4.96. The number of sulfonamides is 1. The predicted octanol–water partition coefficient (Wildman–Crippen LogP) is 1.32. The molecule has 0 bridgehead atoms. The van der Waals surface area contributed by atoms with Gasteiger partial charge in [0.05, 0.1) is 11.0 Å². The van der Waals surface area contributed by atoms with Gasteiger partial charge in [0.1, 0.15) is 10.7 Å². The van der Waals surface area contributed by atoms with Crippen LogP contribution in [0.5, 0.6) is 0 Å². The zero-order valence-corrected chi connectivity index (χ0v) is 11.8. The number of rotatable bonds is 4. The number of aliphatic hydroxyl groups excluding tert-OH is 1. The van der Waals surface area contributed by atoms with Crippen LogP contribution in [0.2, 0.25) is 0 Å². The zero-order valence-electron chi connectivity index (χ0n) is 11.0. The number of non-ortho nitro benzene ring substituents is 1. The molecule has 0 aliphatic heterocycles. The van der Waals surface area contributed by atoms with Crippen molar-refractivity contribution in [1.29, 1.82) is 0 Å². The monoisotopic (exact) mass is 318 g/mol. The Morgan fingerprint density at radius 1 is 1.33 bits per heavy atom. The van der Waals surface area contributed by atoms with Gasteiger partial charge in [0.25, 0.3) is 5.69 Å². The Kier molecular flexibility index (Phi) is 4.55. The van der Waals surface area contributed by atoms with Crippen molar-refractivity contribution in [3.8, 4) is 0 Å². The van der Waals surface area contributed by atoms with Crippen LogP contribution in [0.25, 0.3) is 0 Å². The second-order valence-corrected chi connectivity index (χ2v) is 6.63. The summed E-state index contributed by atoms with van der Waals surface area (Å²) in [4.78, 5) is 9.08. The molecule has 7 nitrogen and oxygen atoms in total. The van der Waals surface area contributed by atoms with Gasteiger partial charge in [0, 0.05) is 18.2 Å². The van der Waals surface area contributed by atoms with Gasteiger partial charge < -0.3 is 5.11 Å². The van der Waals surface area contributed by atoms with Crippen molar-refractivity contribution in [2.24, 2.45) is 0 Å². The van der Waals surface area contributed by atoms with Gasteiger partial charge in [-0.25, -0.2) is 17.5 Å². The van der Waals surface area contributed by atoms with Crippen LogP contribution in [0.4, 0.5) is 10.1 Å². The molecule has 1 fully saturated rings. The SMILES string of the molecule is O=[N+]([O-])c1ccc(F)c(S(=O)(=O)N[C@@H]2CCCC[C@H]2O)c1. The second kappa shape index (κ2) is 6.04. The number of nitro benzene ring substituents is 1. The van der Waals surface area contributed by atoms with Gasteiger partial charge in [-0.15, -0.1) is 0 Å². The van der Waals surface area contributed by atoms with Gasteiger partial charge in [-0.2, -0.15) is 0 Å². The molecule has 1 aromatic rings. The minimum absolute atomic E-state index is 0.441. The maximum Gasteiger partial charge on any atom is 0.270 e. The fourth-order valence-electron chi connectivity index (χ4n) is 2.32. The molecule has 0 spiro atoms. The van der Waals surface area contributed by atoms with Crippen molar-refractivity contribution in [3.63, 3.8) is 0 Å². The lowest BCUT2D eigenvalue weighted by Crippen LogP contribution is -2.45. The van der Waals surface area contributed by atoms with E-state index >= 15 is 0 Å². The number of nitrogens with zero attached hydrogens (tertiary/aromatic N) is 1. The third kappa shape index (κ3) is 3.55. The highest BCUT2D eigenvalue weighted by molar-refractivity contribution is 7.89. The average Bonchev–Trinajstić information content (AvgIpc) is 2.41. The van der Waals surface area contributed by atoms with E-state index in [9.17, 15) is 28.0 Å². The third-order valence-electron chi connectivity index (χ3n) is 3.45. The number of benzene rings is 1. The molecule has 0 saturated heterocycles. The molecular formula is C12H15FN2O5S. The first kappa shape index (κ1) is 15.8. The molecule has 2 N–H and O–H groups in total. The van der Waals surface area contributed by atoms with Gasteiger partial charge in [0.15, 0.2) is 0 Å². The molecule has 0 radical (unpaired) electrons. The maximum atomic E-state index is 13.7. The lowest BCUT2D eigenvalue weighted by Gasteiger charge is -2.28. The number of aliphatic hydroxyl groups is 1. The van der Waals surface area contributed by atoms with Crippen molar-refractivity contribution in [3.05, 3.63) is 34.1 Å². The average molecular weight is 318 g/mol. The zero-order chi connectivity index (χ0) is 15.6. The Bertz CT molecular complexity index is 649. The van der Waals surface area contributed by atoms with Crippen LogP contribution in [-0.2, 0) is 10.0 Å². The summed E-state index contributed by atoms with van der Waals surface area (Å²) in [6.45, 7) is 0. The number of nitro groups is 1. The summed E-state index contributed by atoms with van der Waals surface area (Å²) in [6.07, 6.45) is 1.61. The van der Waals surface area contributed by atoms with Gasteiger partial charge in [-0.3, -0.25) is 10.1 Å². The molecule has 1 saturated carbocycles. The minimum atomic E-state index is -4.27. The topological polar surface area (TPSA) is 110 Å². The Hall–Kier alpha value is -1.58. The standard InChI is InChI=1S/C12H15FN2O5S/c13-9-6-5-8(15(17)18)7-12(9)21(19,20)14-10-3-1-2-4-11(10)16/h5-7,10-11,14,16H,1-4H2/t10-,11-/m1/s1. The van der Waals surface area contributed by atoms with Crippen LogP contribution in [0.15, 0.2) is 23.1 Å². The summed E-state index contributed by atoms with van der Waals surface area (Å²) in [5.41, 5.74) is -0.513. The van der Waals surface area contributed by atoms with Crippen molar-refractivity contribution in [2.45, 2.75) is 42.7 Å². The van der Waals surface area contributed by atoms with E-state index in [1.807, 2.05) is 0 Å². The molecular weight excluding hydrogens is 303 g/mol. The number of hydrogen-bond donors (Lipinski definition) is 2. The maximum absolute atomic E-state index is 13.7. The van der Waals surface area contributed by atoms with Crippen LogP contribution in [0.1, 0.15) is 25.7 Å². The largest absolute Gasteiger partial charge is 0.391 e. The van der Waals surface area contributed by atoms with E-state index in [1.165, 1.54) is 0 Å². The Morgan fingerprint density at radius 3 is 2.62 bits per heavy atom. The Balaban J connectivity index is 2.30. The molecule has 9 heteroatoms. The summed E-state index contributed by atoms with van der Waals surface area (Å²) in [6, 6.07) is 1.60. The molecule has 116 valence electrons. The van der Waals surface area contributed by atoms with Crippen LogP contribution in [0.3, 0.4) is 0 Å². The summed E-state index contributed by atoms with van der Waals surface area (Å²) >= 11 is 0. The number of hydrogen-bond acceptors (Lipinski definition) is 5. The summed E-state index contributed by atoms with van der Waals surface area (Å²) < 4.78 is 40.2. The first-order valence-corrected chi connectivity index (χ1v) is 7.94. The lowest BCUT2D eigenvalue weighted by molar-refractivity contribution is -0.385.